The Morgan fingerprint density at radius 2 is 1.64 bits per heavy atom. The van der Waals surface area contributed by atoms with Crippen LogP contribution in [0.15, 0.2) is 47.1 Å². The van der Waals surface area contributed by atoms with E-state index in [9.17, 15) is 24.3 Å². The Morgan fingerprint density at radius 3 is 2.27 bits per heavy atom. The van der Waals surface area contributed by atoms with E-state index in [-0.39, 0.29) is 63.2 Å². The quantitative estimate of drug-likeness (QED) is 0.190. The predicted octanol–water partition coefficient (Wildman–Crippen LogP) is 10.8. The number of hydrogen-bond donors (Lipinski definition) is 2. The molecule has 0 heterocycles. The van der Waals surface area contributed by atoms with Gasteiger partial charge in [-0.3, -0.25) is 19.2 Å². The van der Waals surface area contributed by atoms with E-state index < -0.39 is 22.8 Å². The maximum atomic E-state index is 14.2. The van der Waals surface area contributed by atoms with Gasteiger partial charge in [0.25, 0.3) is 0 Å². The van der Waals surface area contributed by atoms with Gasteiger partial charge in [0.05, 0.1) is 17.4 Å². The van der Waals surface area contributed by atoms with Crippen molar-refractivity contribution in [2.45, 2.75) is 158 Å². The smallest absolute Gasteiger partial charge is 0.309 e. The zero-order valence-electron chi connectivity index (χ0n) is 35.6. The minimum Gasteiger partial charge on any atom is -0.481 e. The number of amides is 1. The number of fused-ring (bicyclic) bond motifs is 7. The number of aliphatic carboxylic acids is 1. The van der Waals surface area contributed by atoms with Gasteiger partial charge in [0.15, 0.2) is 5.78 Å². The molecular weight excluding hydrogens is 722 g/mol. The number of nitrogens with one attached hydrogen (secondary N) is 1. The molecule has 7 rings (SSSR count). The maximum Gasteiger partial charge on any atom is 0.309 e. The molecule has 5 fully saturated rings. The van der Waals surface area contributed by atoms with E-state index in [1.54, 1.807) is 13.8 Å². The van der Waals surface area contributed by atoms with Crippen molar-refractivity contribution in [3.63, 3.8) is 0 Å². The molecule has 0 saturated heterocycles. The Morgan fingerprint density at radius 1 is 0.946 bits per heavy atom. The third-order valence-corrected chi connectivity index (χ3v) is 17.4. The molecule has 1 aromatic rings. The number of rotatable bonds is 9. The maximum absolute atomic E-state index is 14.2. The van der Waals surface area contributed by atoms with E-state index >= 15 is 0 Å². The number of hydrogen-bond acceptors (Lipinski definition) is 5. The first-order valence-electron chi connectivity index (χ1n) is 21.5. The van der Waals surface area contributed by atoms with Crippen molar-refractivity contribution < 1.29 is 29.0 Å². The molecule has 0 unspecified atom stereocenters. The number of allylic oxidation sites excluding steroid dienone is 3. The molecule has 1 aromatic carbocycles. The van der Waals surface area contributed by atoms with E-state index in [0.717, 1.165) is 75.3 Å². The Balaban J connectivity index is 1.17. The van der Waals surface area contributed by atoms with Crippen molar-refractivity contribution in [1.82, 2.24) is 5.32 Å². The molecule has 6 aliphatic carbocycles. The summed E-state index contributed by atoms with van der Waals surface area (Å²) in [5, 5.41) is 13.7. The number of ether oxygens (including phenoxy) is 1. The lowest BCUT2D eigenvalue weighted by molar-refractivity contribution is -0.232. The number of carbonyl (C=O) groups is 4. The van der Waals surface area contributed by atoms with Gasteiger partial charge in [-0.05, 0) is 154 Å². The first kappa shape index (κ1) is 41.2. The Bertz CT molecular complexity index is 1900. The zero-order chi connectivity index (χ0) is 41.0. The summed E-state index contributed by atoms with van der Waals surface area (Å²) in [5.41, 5.74) is 1.91. The van der Waals surface area contributed by atoms with Crippen molar-refractivity contribution >= 4 is 35.2 Å². The summed E-state index contributed by atoms with van der Waals surface area (Å²) in [7, 11) is 0. The van der Waals surface area contributed by atoms with Gasteiger partial charge in [-0.25, -0.2) is 0 Å². The van der Waals surface area contributed by atoms with E-state index in [1.807, 2.05) is 31.2 Å². The highest BCUT2D eigenvalue weighted by atomic mass is 35.5. The van der Waals surface area contributed by atoms with Crippen LogP contribution in [-0.2, 0) is 29.5 Å². The first-order chi connectivity index (χ1) is 26.0. The molecule has 8 atom stereocenters. The highest BCUT2D eigenvalue weighted by molar-refractivity contribution is 6.30. The topological polar surface area (TPSA) is 110 Å². The lowest BCUT2D eigenvalue weighted by atomic mass is 9.33. The summed E-state index contributed by atoms with van der Waals surface area (Å²) in [6.07, 6.45) is 11.9. The van der Waals surface area contributed by atoms with Crippen LogP contribution in [0.25, 0.3) is 0 Å². The Kier molecular flexibility index (Phi) is 9.99. The molecule has 8 heteroatoms. The molecule has 1 amide bonds. The van der Waals surface area contributed by atoms with Gasteiger partial charge < -0.3 is 15.2 Å². The van der Waals surface area contributed by atoms with Gasteiger partial charge in [-0.1, -0.05) is 78.3 Å². The molecule has 56 heavy (non-hydrogen) atoms. The van der Waals surface area contributed by atoms with Crippen LogP contribution >= 0.6 is 11.6 Å². The summed E-state index contributed by atoms with van der Waals surface area (Å²) >= 11 is 6.35. The fourth-order valence-electron chi connectivity index (χ4n) is 13.8. The lowest BCUT2D eigenvalue weighted by Crippen LogP contribution is -2.65. The third kappa shape index (κ3) is 6.25. The number of halogens is 1. The van der Waals surface area contributed by atoms with Crippen molar-refractivity contribution in [2.75, 3.05) is 0 Å². The second-order valence-corrected chi connectivity index (χ2v) is 21.9. The summed E-state index contributed by atoms with van der Waals surface area (Å²) in [4.78, 5) is 53.1. The fourth-order valence-corrected chi connectivity index (χ4v) is 14.0. The summed E-state index contributed by atoms with van der Waals surface area (Å²) < 4.78 is 6.18. The number of esters is 1. The zero-order valence-corrected chi connectivity index (χ0v) is 36.4. The largest absolute Gasteiger partial charge is 0.481 e. The average Bonchev–Trinajstić information content (AvgIpc) is 3.81. The molecule has 0 spiro atoms. The van der Waals surface area contributed by atoms with Gasteiger partial charge in [0.2, 0.25) is 5.91 Å². The van der Waals surface area contributed by atoms with Gasteiger partial charge >= 0.3 is 11.9 Å². The van der Waals surface area contributed by atoms with Gasteiger partial charge in [-0.15, -0.1) is 0 Å². The normalized spacial score (nSPS) is 37.2. The van der Waals surface area contributed by atoms with Gasteiger partial charge in [0, 0.05) is 27.8 Å². The third-order valence-electron chi connectivity index (χ3n) is 17.2. The van der Waals surface area contributed by atoms with Crippen LogP contribution in [0.4, 0.5) is 0 Å². The molecule has 0 radical (unpaired) electrons. The fraction of sp³-hybridized carbons (Fsp3) is 0.708. The van der Waals surface area contributed by atoms with Crippen molar-refractivity contribution in [3.8, 4) is 0 Å². The summed E-state index contributed by atoms with van der Waals surface area (Å²) in [5.74, 6) is -0.0103. The Hall–Kier alpha value is -2.93. The minimum atomic E-state index is -1.17. The Labute approximate surface area is 340 Å². The van der Waals surface area contributed by atoms with Crippen LogP contribution in [0, 0.1) is 56.2 Å². The van der Waals surface area contributed by atoms with Gasteiger partial charge in [-0.2, -0.15) is 0 Å². The van der Waals surface area contributed by atoms with Crippen LogP contribution in [0.2, 0.25) is 5.02 Å². The molecule has 5 saturated carbocycles. The van der Waals surface area contributed by atoms with Crippen molar-refractivity contribution in [1.29, 1.82) is 0 Å². The molecule has 7 nitrogen and oxygen atoms in total. The molecule has 0 bridgehead atoms. The molecule has 306 valence electrons. The number of carbonyl (C=O) groups excluding carboxylic acids is 3. The van der Waals surface area contributed by atoms with Crippen LogP contribution in [0.1, 0.15) is 152 Å². The summed E-state index contributed by atoms with van der Waals surface area (Å²) in [6, 6.07) is 7.80. The molecule has 2 N–H and O–H groups in total. The van der Waals surface area contributed by atoms with Gasteiger partial charge in [0.1, 0.15) is 6.10 Å². The monoisotopic (exact) mass is 787 g/mol. The lowest BCUT2D eigenvalue weighted by Gasteiger charge is -2.72. The van der Waals surface area contributed by atoms with Crippen LogP contribution in [0.5, 0.6) is 0 Å². The summed E-state index contributed by atoms with van der Waals surface area (Å²) in [6.45, 7) is 21.6. The highest BCUT2D eigenvalue weighted by Gasteiger charge is 2.70. The standard InChI is InChI=1S/C48H66ClNO6/c1-28(2)38-33(51)26-47(25-29(3)40(53)50-48(22-23-48)30-12-11-13-31(49)24-30)21-20-45(9)32(39(38)47)14-15-35-44(8)18-17-36(56-37(52)27-42(4,5)41(54)55)43(6,7)34(44)16-19-46(35,45)10/h11-13,24-25,28,32,34-36H,14-23,26-27H2,1-10H3,(H,50,53)(H,54,55)/t32-,34+,35-,36+,44+,45-,46-,47-/m1/s1. The first-order valence-corrected chi connectivity index (χ1v) is 21.8. The van der Waals surface area contributed by atoms with Crippen LogP contribution < -0.4 is 5.32 Å². The minimum absolute atomic E-state index is 0.0159. The highest BCUT2D eigenvalue weighted by Crippen LogP contribution is 2.77. The molecule has 6 aliphatic rings. The van der Waals surface area contributed by atoms with E-state index in [1.165, 1.54) is 5.57 Å². The predicted molar refractivity (Wildman–Crippen MR) is 220 cm³/mol. The second kappa shape index (κ2) is 13.6. The number of Topliss-reactive ketones (excluding diaryl/α,β-unsaturated/α-hetero) is 1. The SMILES string of the molecule is CC(=C[C@@]12CC[C@]3(C)[C@H](CC[C@@H]4[C@@]5(C)CC[C@H](OC(=O)CC(C)(C)C(=O)O)C(C)(C)[C@@H]5CC[C@]43C)C1=C(C(C)C)C(=O)C2)C(=O)NC1(c2cccc(Cl)c2)CC1. The van der Waals surface area contributed by atoms with Crippen molar-refractivity contribution in [3.05, 3.63) is 57.6 Å². The average molecular weight is 789 g/mol. The number of ketones is 1. The van der Waals surface area contributed by atoms with E-state index in [2.05, 4.69) is 59.9 Å². The van der Waals surface area contributed by atoms with E-state index in [4.69, 9.17) is 16.3 Å². The van der Waals surface area contributed by atoms with Crippen LogP contribution in [0.3, 0.4) is 0 Å². The second-order valence-electron chi connectivity index (χ2n) is 21.4. The van der Waals surface area contributed by atoms with Crippen molar-refractivity contribution in [2.24, 2.45) is 56.2 Å². The number of benzene rings is 1. The molecule has 0 aromatic heterocycles. The number of carboxylic acid groups (broad SMARTS) is 1. The van der Waals surface area contributed by atoms with Crippen LogP contribution in [-0.4, -0.2) is 34.8 Å². The van der Waals surface area contributed by atoms with E-state index in [0.29, 0.717) is 28.9 Å². The number of carboxylic acids is 1. The molecular formula is C48H66ClNO6. The molecule has 0 aliphatic heterocycles.